The van der Waals surface area contributed by atoms with Gasteiger partial charge in [-0.15, -0.1) is 0 Å². The van der Waals surface area contributed by atoms with Crippen LogP contribution >= 0.6 is 0 Å². The van der Waals surface area contributed by atoms with Crippen molar-refractivity contribution in [2.45, 2.75) is 32.6 Å². The topological polar surface area (TPSA) is 92.4 Å². The Hall–Kier alpha value is -1.10. The molecule has 5 nitrogen and oxygen atoms in total. The van der Waals surface area contributed by atoms with Crippen LogP contribution in [-0.4, -0.2) is 30.1 Å². The first-order valence-electron chi connectivity index (χ1n) is 5.27. The second-order valence-corrected chi connectivity index (χ2v) is 3.62. The van der Waals surface area contributed by atoms with E-state index >= 15 is 0 Å². The average molecular weight is 216 g/mol. The number of nitrogens with two attached hydrogens (primary N) is 1. The maximum atomic E-state index is 11.1. The van der Waals surface area contributed by atoms with E-state index in [4.69, 9.17) is 10.8 Å². The van der Waals surface area contributed by atoms with Crippen molar-refractivity contribution in [2.24, 2.45) is 11.7 Å². The molecule has 0 aliphatic rings. The van der Waals surface area contributed by atoms with Crippen LogP contribution in [0.3, 0.4) is 0 Å². The van der Waals surface area contributed by atoms with Gasteiger partial charge in [-0.25, -0.2) is 0 Å². The Morgan fingerprint density at radius 3 is 2.60 bits per heavy atom. The Kier molecular flexibility index (Phi) is 7.62. The summed E-state index contributed by atoms with van der Waals surface area (Å²) >= 11 is 0. The largest absolute Gasteiger partial charge is 0.481 e. The van der Waals surface area contributed by atoms with Gasteiger partial charge in [0.1, 0.15) is 0 Å². The summed E-state index contributed by atoms with van der Waals surface area (Å²) in [4.78, 5) is 21.6. The number of carboxylic acid groups (broad SMARTS) is 1. The molecule has 0 spiro atoms. The zero-order valence-corrected chi connectivity index (χ0v) is 9.16. The summed E-state index contributed by atoms with van der Waals surface area (Å²) in [6.07, 6.45) is 2.43. The molecule has 15 heavy (non-hydrogen) atoms. The van der Waals surface area contributed by atoms with Crippen molar-refractivity contribution in [2.75, 3.05) is 13.1 Å². The number of nitrogens with one attached hydrogen (secondary N) is 1. The molecule has 0 saturated carbocycles. The minimum Gasteiger partial charge on any atom is -0.481 e. The lowest BCUT2D eigenvalue weighted by molar-refractivity contribution is -0.141. The highest BCUT2D eigenvalue weighted by atomic mass is 16.4. The van der Waals surface area contributed by atoms with E-state index in [1.54, 1.807) is 6.92 Å². The number of hydrogen-bond acceptors (Lipinski definition) is 3. The third kappa shape index (κ3) is 7.93. The molecule has 0 rings (SSSR count). The Bertz CT molecular complexity index is 207. The first-order chi connectivity index (χ1) is 7.07. The molecule has 0 saturated heterocycles. The second-order valence-electron chi connectivity index (χ2n) is 3.62. The van der Waals surface area contributed by atoms with Crippen LogP contribution in [0.25, 0.3) is 0 Å². The zero-order valence-electron chi connectivity index (χ0n) is 9.16. The summed E-state index contributed by atoms with van der Waals surface area (Å²) in [7, 11) is 0. The molecule has 0 radical (unpaired) electrons. The molecule has 5 heteroatoms. The number of carboxylic acids is 1. The van der Waals surface area contributed by atoms with Crippen molar-refractivity contribution in [3.8, 4) is 0 Å². The van der Waals surface area contributed by atoms with Crippen LogP contribution < -0.4 is 11.1 Å². The van der Waals surface area contributed by atoms with Crippen LogP contribution in [0.1, 0.15) is 32.6 Å². The lowest BCUT2D eigenvalue weighted by Crippen LogP contribution is -2.25. The van der Waals surface area contributed by atoms with Gasteiger partial charge in [-0.1, -0.05) is 6.92 Å². The molecule has 1 unspecified atom stereocenters. The molecule has 0 fully saturated rings. The molecule has 0 aliphatic carbocycles. The van der Waals surface area contributed by atoms with Gasteiger partial charge in [0.15, 0.2) is 0 Å². The van der Waals surface area contributed by atoms with Crippen molar-refractivity contribution < 1.29 is 14.7 Å². The second kappa shape index (κ2) is 8.23. The van der Waals surface area contributed by atoms with Gasteiger partial charge in [0.05, 0.1) is 5.92 Å². The smallest absolute Gasteiger partial charge is 0.306 e. The van der Waals surface area contributed by atoms with Gasteiger partial charge in [-0.2, -0.15) is 0 Å². The minimum atomic E-state index is -0.788. The monoisotopic (exact) mass is 216 g/mol. The van der Waals surface area contributed by atoms with Crippen molar-refractivity contribution >= 4 is 11.9 Å². The highest BCUT2D eigenvalue weighted by Crippen LogP contribution is 2.04. The van der Waals surface area contributed by atoms with Crippen LogP contribution in [0.4, 0.5) is 0 Å². The fraction of sp³-hybridized carbons (Fsp3) is 0.800. The molecule has 1 amide bonds. The highest BCUT2D eigenvalue weighted by molar-refractivity contribution is 5.75. The Morgan fingerprint density at radius 1 is 1.40 bits per heavy atom. The molecular weight excluding hydrogens is 196 g/mol. The highest BCUT2D eigenvalue weighted by Gasteiger charge is 2.09. The Morgan fingerprint density at radius 2 is 2.07 bits per heavy atom. The van der Waals surface area contributed by atoms with E-state index in [1.807, 2.05) is 0 Å². The number of aliphatic carboxylic acids is 1. The predicted octanol–water partition coefficient (Wildman–Crippen LogP) is 0.342. The van der Waals surface area contributed by atoms with Gasteiger partial charge in [0, 0.05) is 13.0 Å². The first kappa shape index (κ1) is 13.9. The number of amides is 1. The van der Waals surface area contributed by atoms with E-state index in [1.165, 1.54) is 0 Å². The maximum absolute atomic E-state index is 11.1. The summed E-state index contributed by atoms with van der Waals surface area (Å²) in [5, 5.41) is 11.3. The average Bonchev–Trinajstić information content (AvgIpc) is 2.20. The fourth-order valence-electron chi connectivity index (χ4n) is 1.11. The summed E-state index contributed by atoms with van der Waals surface area (Å²) in [6.45, 7) is 2.73. The predicted molar refractivity (Wildman–Crippen MR) is 57.3 cm³/mol. The summed E-state index contributed by atoms with van der Waals surface area (Å²) in [5.74, 6) is -1.14. The third-order valence-corrected chi connectivity index (χ3v) is 2.17. The SMILES string of the molecule is CC(CCCNC(=O)CCCN)C(=O)O. The number of carbonyl (C=O) groups is 2. The van der Waals surface area contributed by atoms with Crippen LogP contribution in [0.5, 0.6) is 0 Å². The minimum absolute atomic E-state index is 0.0107. The normalized spacial score (nSPS) is 12.1. The molecule has 0 aromatic carbocycles. The standard InChI is InChI=1S/C10H20N2O3/c1-8(10(14)15)4-3-7-12-9(13)5-2-6-11/h8H,2-7,11H2,1H3,(H,12,13)(H,14,15). The van der Waals surface area contributed by atoms with Crippen LogP contribution in [0.2, 0.25) is 0 Å². The summed E-state index contributed by atoms with van der Waals surface area (Å²) in [5.41, 5.74) is 5.26. The van der Waals surface area contributed by atoms with Crippen LogP contribution in [0.15, 0.2) is 0 Å². The van der Waals surface area contributed by atoms with Crippen molar-refractivity contribution in [1.82, 2.24) is 5.32 Å². The molecule has 0 aromatic heterocycles. The van der Waals surface area contributed by atoms with E-state index in [0.29, 0.717) is 38.8 Å². The van der Waals surface area contributed by atoms with Gasteiger partial charge < -0.3 is 16.2 Å². The summed E-state index contributed by atoms with van der Waals surface area (Å²) < 4.78 is 0. The van der Waals surface area contributed by atoms with Gasteiger partial charge >= 0.3 is 5.97 Å². The molecule has 0 aromatic rings. The van der Waals surface area contributed by atoms with Crippen LogP contribution in [0, 0.1) is 5.92 Å². The van der Waals surface area contributed by atoms with E-state index < -0.39 is 5.97 Å². The summed E-state index contributed by atoms with van der Waals surface area (Å²) in [6, 6.07) is 0. The van der Waals surface area contributed by atoms with Crippen LogP contribution in [-0.2, 0) is 9.59 Å². The third-order valence-electron chi connectivity index (χ3n) is 2.17. The quantitative estimate of drug-likeness (QED) is 0.510. The van der Waals surface area contributed by atoms with Gasteiger partial charge in [0.2, 0.25) is 5.91 Å². The van der Waals surface area contributed by atoms with Crippen molar-refractivity contribution in [3.63, 3.8) is 0 Å². The lowest BCUT2D eigenvalue weighted by atomic mass is 10.1. The molecule has 0 bridgehead atoms. The van der Waals surface area contributed by atoms with E-state index in [-0.39, 0.29) is 11.8 Å². The Balaban J connectivity index is 3.38. The molecule has 88 valence electrons. The van der Waals surface area contributed by atoms with E-state index in [9.17, 15) is 9.59 Å². The molecule has 1 atom stereocenters. The molecule has 0 heterocycles. The van der Waals surface area contributed by atoms with Gasteiger partial charge in [-0.3, -0.25) is 9.59 Å². The molecular formula is C10H20N2O3. The number of carbonyl (C=O) groups excluding carboxylic acids is 1. The number of hydrogen-bond donors (Lipinski definition) is 3. The van der Waals surface area contributed by atoms with E-state index in [2.05, 4.69) is 5.32 Å². The number of rotatable bonds is 8. The fourth-order valence-corrected chi connectivity index (χ4v) is 1.11. The molecule has 0 aliphatic heterocycles. The first-order valence-corrected chi connectivity index (χ1v) is 5.27. The van der Waals surface area contributed by atoms with Crippen molar-refractivity contribution in [1.29, 1.82) is 0 Å². The lowest BCUT2D eigenvalue weighted by Gasteiger charge is -2.07. The van der Waals surface area contributed by atoms with Gasteiger partial charge in [-0.05, 0) is 25.8 Å². The van der Waals surface area contributed by atoms with E-state index in [0.717, 1.165) is 0 Å². The maximum Gasteiger partial charge on any atom is 0.306 e. The molecule has 4 N–H and O–H groups in total. The van der Waals surface area contributed by atoms with Crippen molar-refractivity contribution in [3.05, 3.63) is 0 Å². The Labute approximate surface area is 90.0 Å². The van der Waals surface area contributed by atoms with Gasteiger partial charge in [0.25, 0.3) is 0 Å². The zero-order chi connectivity index (χ0) is 11.7.